The molecule has 1 aromatic carbocycles. The molecule has 2 aliphatic rings. The number of nitrogens with one attached hydrogen (secondary N) is 1. The Balaban J connectivity index is 1.68. The highest BCUT2D eigenvalue weighted by atomic mass is 16.6. The number of benzene rings is 1. The lowest BCUT2D eigenvalue weighted by atomic mass is 10.1. The van der Waals surface area contributed by atoms with Crippen LogP contribution in [-0.4, -0.2) is 67.7 Å². The zero-order chi connectivity index (χ0) is 20.6. The lowest BCUT2D eigenvalue weighted by molar-refractivity contribution is -0.150. The zero-order valence-corrected chi connectivity index (χ0v) is 16.7. The maximum Gasteiger partial charge on any atom is 0.308 e. The van der Waals surface area contributed by atoms with Crippen molar-refractivity contribution >= 4 is 17.8 Å². The van der Waals surface area contributed by atoms with Gasteiger partial charge in [0.05, 0.1) is 24.7 Å². The molecule has 0 aliphatic carbocycles. The number of piperazine rings is 1. The molecule has 0 aromatic heterocycles. The van der Waals surface area contributed by atoms with Gasteiger partial charge >= 0.3 is 5.97 Å². The van der Waals surface area contributed by atoms with Gasteiger partial charge < -0.3 is 24.4 Å². The number of nitrogens with zero attached hydrogens (tertiary/aromatic N) is 1. The summed E-state index contributed by atoms with van der Waals surface area (Å²) in [5, 5.41) is 2.72. The summed E-state index contributed by atoms with van der Waals surface area (Å²) in [7, 11) is 0. The highest BCUT2D eigenvalue weighted by Crippen LogP contribution is 2.23. The van der Waals surface area contributed by atoms with Crippen molar-refractivity contribution in [2.75, 3.05) is 32.9 Å². The number of hydrogen-bond acceptors (Lipinski definition) is 6. The van der Waals surface area contributed by atoms with Crippen molar-refractivity contribution in [1.29, 1.82) is 0 Å². The van der Waals surface area contributed by atoms with Crippen molar-refractivity contribution in [3.63, 3.8) is 0 Å². The van der Waals surface area contributed by atoms with Crippen LogP contribution in [-0.2, 0) is 19.1 Å². The van der Waals surface area contributed by atoms with E-state index in [1.54, 1.807) is 24.3 Å². The largest absolute Gasteiger partial charge is 0.493 e. The van der Waals surface area contributed by atoms with Crippen molar-refractivity contribution in [3.8, 4) is 5.75 Å². The third kappa shape index (κ3) is 5.47. The van der Waals surface area contributed by atoms with Crippen LogP contribution in [0.4, 0.5) is 0 Å². The first-order valence-corrected chi connectivity index (χ1v) is 10.2. The second-order valence-electron chi connectivity index (χ2n) is 7.17. The number of para-hydroxylation sites is 1. The fraction of sp³-hybridized carbons (Fsp3) is 0.571. The molecule has 2 atom stereocenters. The van der Waals surface area contributed by atoms with Gasteiger partial charge in [-0.15, -0.1) is 0 Å². The van der Waals surface area contributed by atoms with E-state index >= 15 is 0 Å². The first-order chi connectivity index (χ1) is 14.1. The zero-order valence-electron chi connectivity index (χ0n) is 16.7. The Hall–Kier alpha value is -2.61. The average Bonchev–Trinajstić information content (AvgIpc) is 3.25. The third-order valence-corrected chi connectivity index (χ3v) is 4.99. The quantitative estimate of drug-likeness (QED) is 0.661. The van der Waals surface area contributed by atoms with Crippen molar-refractivity contribution < 1.29 is 28.6 Å². The fourth-order valence-corrected chi connectivity index (χ4v) is 3.48. The smallest absolute Gasteiger partial charge is 0.308 e. The van der Waals surface area contributed by atoms with Crippen molar-refractivity contribution in [1.82, 2.24) is 10.2 Å². The average molecular weight is 404 g/mol. The molecule has 2 unspecified atom stereocenters. The number of esters is 1. The second-order valence-corrected chi connectivity index (χ2v) is 7.17. The van der Waals surface area contributed by atoms with Gasteiger partial charge in [-0.2, -0.15) is 0 Å². The van der Waals surface area contributed by atoms with Gasteiger partial charge in [0.2, 0.25) is 5.91 Å². The lowest BCUT2D eigenvalue weighted by Gasteiger charge is -2.35. The van der Waals surface area contributed by atoms with Gasteiger partial charge in [-0.05, 0) is 31.4 Å². The molecule has 8 heteroatoms. The van der Waals surface area contributed by atoms with E-state index in [0.29, 0.717) is 37.6 Å². The molecule has 2 aliphatic heterocycles. The minimum atomic E-state index is -0.910. The van der Waals surface area contributed by atoms with Gasteiger partial charge in [0.1, 0.15) is 18.4 Å². The standard InChI is InChI=1S/C21H28N2O6/c1-2-11-28-18-8-4-3-7-16(18)21(26)23-10-9-22-20(25)17(23)13-19(24)29-14-15-6-5-12-27-15/h3-4,7-8,15,17H,2,5-6,9-14H2,1H3,(H,22,25). The summed E-state index contributed by atoms with van der Waals surface area (Å²) >= 11 is 0. The molecule has 158 valence electrons. The number of carbonyl (C=O) groups is 3. The molecule has 0 bridgehead atoms. The molecule has 29 heavy (non-hydrogen) atoms. The molecule has 1 N–H and O–H groups in total. The Kier molecular flexibility index (Phi) is 7.46. The number of hydrogen-bond donors (Lipinski definition) is 1. The van der Waals surface area contributed by atoms with Crippen LogP contribution >= 0.6 is 0 Å². The second kappa shape index (κ2) is 10.2. The van der Waals surface area contributed by atoms with Gasteiger partial charge in [0.25, 0.3) is 5.91 Å². The molecule has 0 spiro atoms. The Morgan fingerprint density at radius 3 is 2.90 bits per heavy atom. The third-order valence-electron chi connectivity index (χ3n) is 4.99. The number of amides is 2. The maximum atomic E-state index is 13.2. The van der Waals surface area contributed by atoms with Gasteiger partial charge in [-0.1, -0.05) is 19.1 Å². The minimum absolute atomic E-state index is 0.0838. The number of carbonyl (C=O) groups excluding carboxylic acids is 3. The Bertz CT molecular complexity index is 732. The lowest BCUT2D eigenvalue weighted by Crippen LogP contribution is -2.58. The Morgan fingerprint density at radius 1 is 1.31 bits per heavy atom. The molecule has 2 heterocycles. The van der Waals surface area contributed by atoms with Gasteiger partial charge in [0.15, 0.2) is 0 Å². The van der Waals surface area contributed by atoms with Crippen LogP contribution in [0.3, 0.4) is 0 Å². The molecule has 3 rings (SSSR count). The highest BCUT2D eigenvalue weighted by molar-refractivity contribution is 6.01. The van der Waals surface area contributed by atoms with Crippen molar-refractivity contribution in [2.45, 2.75) is 44.8 Å². The molecule has 2 amide bonds. The van der Waals surface area contributed by atoms with Crippen molar-refractivity contribution in [3.05, 3.63) is 29.8 Å². The summed E-state index contributed by atoms with van der Waals surface area (Å²) < 4.78 is 16.4. The summed E-state index contributed by atoms with van der Waals surface area (Å²) in [6.45, 7) is 3.98. The van der Waals surface area contributed by atoms with E-state index in [2.05, 4.69) is 5.32 Å². The predicted molar refractivity (Wildman–Crippen MR) is 105 cm³/mol. The van der Waals surface area contributed by atoms with E-state index < -0.39 is 12.0 Å². The Morgan fingerprint density at radius 2 is 2.14 bits per heavy atom. The summed E-state index contributed by atoms with van der Waals surface area (Å²) in [4.78, 5) is 39.3. The highest BCUT2D eigenvalue weighted by Gasteiger charge is 2.36. The molecule has 2 fully saturated rings. The SMILES string of the molecule is CCCOc1ccccc1C(=O)N1CCNC(=O)C1CC(=O)OCC1CCCO1. The summed E-state index contributed by atoms with van der Waals surface area (Å²) in [6.07, 6.45) is 2.35. The summed E-state index contributed by atoms with van der Waals surface area (Å²) in [5.41, 5.74) is 0.383. The van der Waals surface area contributed by atoms with Crippen LogP contribution in [0.1, 0.15) is 43.0 Å². The van der Waals surface area contributed by atoms with E-state index in [4.69, 9.17) is 14.2 Å². The van der Waals surface area contributed by atoms with Crippen LogP contribution in [0.15, 0.2) is 24.3 Å². The first-order valence-electron chi connectivity index (χ1n) is 10.2. The fourth-order valence-electron chi connectivity index (χ4n) is 3.48. The molecule has 0 radical (unpaired) electrons. The first kappa shape index (κ1) is 21.1. The molecule has 1 aromatic rings. The van der Waals surface area contributed by atoms with E-state index in [9.17, 15) is 14.4 Å². The van der Waals surface area contributed by atoms with E-state index in [0.717, 1.165) is 19.3 Å². The van der Waals surface area contributed by atoms with Gasteiger partial charge in [0, 0.05) is 19.7 Å². The van der Waals surface area contributed by atoms with Crippen molar-refractivity contribution in [2.24, 2.45) is 0 Å². The van der Waals surface area contributed by atoms with E-state index in [-0.39, 0.29) is 30.9 Å². The number of rotatable bonds is 8. The molecule has 2 saturated heterocycles. The molecule has 0 saturated carbocycles. The molecule has 8 nitrogen and oxygen atoms in total. The van der Waals surface area contributed by atoms with Crippen LogP contribution < -0.4 is 10.1 Å². The molecular formula is C21H28N2O6. The van der Waals surface area contributed by atoms with Gasteiger partial charge in [-0.25, -0.2) is 0 Å². The monoisotopic (exact) mass is 404 g/mol. The maximum absolute atomic E-state index is 13.2. The minimum Gasteiger partial charge on any atom is -0.493 e. The topological polar surface area (TPSA) is 94.2 Å². The predicted octanol–water partition coefficient (Wildman–Crippen LogP) is 1.53. The van der Waals surface area contributed by atoms with E-state index in [1.165, 1.54) is 4.90 Å². The molecular weight excluding hydrogens is 376 g/mol. The van der Waals surface area contributed by atoms with Gasteiger partial charge in [-0.3, -0.25) is 14.4 Å². The van der Waals surface area contributed by atoms with Crippen LogP contribution in [0.2, 0.25) is 0 Å². The van der Waals surface area contributed by atoms with Crippen LogP contribution in [0.5, 0.6) is 5.75 Å². The van der Waals surface area contributed by atoms with Crippen LogP contribution in [0, 0.1) is 0 Å². The van der Waals surface area contributed by atoms with E-state index in [1.807, 2.05) is 6.92 Å². The van der Waals surface area contributed by atoms with Crippen LogP contribution in [0.25, 0.3) is 0 Å². The summed E-state index contributed by atoms with van der Waals surface area (Å²) in [6, 6.07) is 6.04. The normalized spacial score (nSPS) is 21.6. The number of ether oxygens (including phenoxy) is 3. The Labute approximate surface area is 170 Å². The summed E-state index contributed by atoms with van der Waals surface area (Å²) in [5.74, 6) is -0.727.